The number of anilines is 2. The van der Waals surface area contributed by atoms with Gasteiger partial charge in [-0.1, -0.05) is 13.8 Å². The maximum atomic E-state index is 12.7. The van der Waals surface area contributed by atoms with Crippen molar-refractivity contribution in [3.8, 4) is 17.0 Å². The number of morpholine rings is 1. The van der Waals surface area contributed by atoms with Crippen molar-refractivity contribution >= 4 is 22.3 Å². The van der Waals surface area contributed by atoms with Gasteiger partial charge in [0.1, 0.15) is 24.5 Å². The van der Waals surface area contributed by atoms with Gasteiger partial charge in [-0.3, -0.25) is 9.69 Å². The highest BCUT2D eigenvalue weighted by Gasteiger charge is 2.16. The van der Waals surface area contributed by atoms with Crippen LogP contribution in [0.3, 0.4) is 0 Å². The van der Waals surface area contributed by atoms with E-state index in [0.29, 0.717) is 23.5 Å². The Morgan fingerprint density at radius 2 is 1.97 bits per heavy atom. The highest BCUT2D eigenvalue weighted by Crippen LogP contribution is 2.31. The van der Waals surface area contributed by atoms with Gasteiger partial charge in [-0.25, -0.2) is 15.0 Å². The van der Waals surface area contributed by atoms with Crippen molar-refractivity contribution in [2.24, 2.45) is 0 Å². The van der Waals surface area contributed by atoms with Gasteiger partial charge in [0.05, 0.1) is 30.0 Å². The summed E-state index contributed by atoms with van der Waals surface area (Å²) in [4.78, 5) is 31.3. The average molecular weight is 487 g/mol. The van der Waals surface area contributed by atoms with E-state index in [1.165, 1.54) is 0 Å². The molecule has 1 saturated heterocycles. The number of rotatable bonds is 8. The third kappa shape index (κ3) is 5.37. The summed E-state index contributed by atoms with van der Waals surface area (Å²) in [7, 11) is 0. The third-order valence-corrected chi connectivity index (χ3v) is 6.22. The molecule has 0 spiro atoms. The monoisotopic (exact) mass is 486 g/mol. The molecule has 1 aromatic carbocycles. The normalized spacial score (nSPS) is 14.3. The maximum absolute atomic E-state index is 12.7. The molecule has 1 aliphatic rings. The molecule has 0 aliphatic carbocycles. The number of aromatic amines is 1. The molecule has 3 aromatic heterocycles. The minimum atomic E-state index is -0.203. The molecule has 2 N–H and O–H groups in total. The van der Waals surface area contributed by atoms with E-state index in [-0.39, 0.29) is 11.5 Å². The Balaban J connectivity index is 1.39. The lowest BCUT2D eigenvalue weighted by Gasteiger charge is -2.26. The van der Waals surface area contributed by atoms with Crippen LogP contribution in [0.4, 0.5) is 11.5 Å². The molecule has 0 unspecified atom stereocenters. The number of fused-ring (bicyclic) bond motifs is 1. The number of aromatic nitrogens is 4. The number of ether oxygens (including phenoxy) is 2. The van der Waals surface area contributed by atoms with Gasteiger partial charge in [0, 0.05) is 43.3 Å². The summed E-state index contributed by atoms with van der Waals surface area (Å²) in [6, 6.07) is 11.5. The van der Waals surface area contributed by atoms with Crippen LogP contribution in [0.2, 0.25) is 0 Å². The van der Waals surface area contributed by atoms with Crippen LogP contribution in [0, 0.1) is 0 Å². The van der Waals surface area contributed by atoms with Crippen LogP contribution in [-0.2, 0) is 4.74 Å². The largest absolute Gasteiger partial charge is 0.492 e. The molecule has 36 heavy (non-hydrogen) atoms. The van der Waals surface area contributed by atoms with Crippen LogP contribution in [0.1, 0.15) is 25.5 Å². The third-order valence-electron chi connectivity index (χ3n) is 6.22. The zero-order valence-electron chi connectivity index (χ0n) is 20.5. The van der Waals surface area contributed by atoms with Gasteiger partial charge in [-0.05, 0) is 47.7 Å². The Morgan fingerprint density at radius 1 is 1.17 bits per heavy atom. The SMILES string of the molecule is CC(C)c1ncncc1-c1cc2cc[nH]c(=O)c2c(Nc2ccc(OCCN3CCOCC3)cc2)n1. The number of hydrogen-bond donors (Lipinski definition) is 2. The van der Waals surface area contributed by atoms with Crippen LogP contribution in [0.5, 0.6) is 5.75 Å². The van der Waals surface area contributed by atoms with Gasteiger partial charge in [0.2, 0.25) is 0 Å². The van der Waals surface area contributed by atoms with E-state index in [1.807, 2.05) is 36.4 Å². The molecule has 1 fully saturated rings. The van der Waals surface area contributed by atoms with Gasteiger partial charge in [-0.15, -0.1) is 0 Å². The molecule has 9 heteroatoms. The fourth-order valence-electron chi connectivity index (χ4n) is 4.33. The first-order valence-electron chi connectivity index (χ1n) is 12.2. The average Bonchev–Trinajstić information content (AvgIpc) is 2.90. The van der Waals surface area contributed by atoms with Gasteiger partial charge < -0.3 is 19.8 Å². The van der Waals surface area contributed by atoms with Crippen molar-refractivity contribution in [1.29, 1.82) is 0 Å². The number of benzene rings is 1. The Morgan fingerprint density at radius 3 is 2.75 bits per heavy atom. The molecular formula is C27H30N6O3. The summed E-state index contributed by atoms with van der Waals surface area (Å²) in [6.45, 7) is 9.11. The summed E-state index contributed by atoms with van der Waals surface area (Å²) in [5.41, 5.74) is 3.07. The Kier molecular flexibility index (Phi) is 7.20. The summed E-state index contributed by atoms with van der Waals surface area (Å²) >= 11 is 0. The number of H-pyrrole nitrogens is 1. The second-order valence-electron chi connectivity index (χ2n) is 9.06. The van der Waals surface area contributed by atoms with Crippen LogP contribution in [0.15, 0.2) is 59.9 Å². The lowest BCUT2D eigenvalue weighted by Crippen LogP contribution is -2.38. The maximum Gasteiger partial charge on any atom is 0.259 e. The van der Waals surface area contributed by atoms with Crippen LogP contribution in [-0.4, -0.2) is 64.3 Å². The zero-order valence-corrected chi connectivity index (χ0v) is 20.5. The quantitative estimate of drug-likeness (QED) is 0.386. The first kappa shape index (κ1) is 23.9. The van der Waals surface area contributed by atoms with E-state index in [1.54, 1.807) is 18.7 Å². The van der Waals surface area contributed by atoms with Crippen molar-refractivity contribution < 1.29 is 9.47 Å². The number of hydrogen-bond acceptors (Lipinski definition) is 8. The van der Waals surface area contributed by atoms with E-state index in [0.717, 1.165) is 60.9 Å². The molecule has 0 saturated carbocycles. The van der Waals surface area contributed by atoms with Crippen molar-refractivity contribution in [2.45, 2.75) is 19.8 Å². The molecular weight excluding hydrogens is 456 g/mol. The number of nitrogens with one attached hydrogen (secondary N) is 2. The van der Waals surface area contributed by atoms with Gasteiger partial charge in [0.25, 0.3) is 5.56 Å². The number of pyridine rings is 2. The summed E-state index contributed by atoms with van der Waals surface area (Å²) < 4.78 is 11.3. The van der Waals surface area contributed by atoms with Crippen LogP contribution < -0.4 is 15.6 Å². The topological polar surface area (TPSA) is 105 Å². The van der Waals surface area contributed by atoms with Crippen molar-refractivity contribution in [3.05, 3.63) is 71.2 Å². The Hall–Kier alpha value is -3.82. The van der Waals surface area contributed by atoms with E-state index in [9.17, 15) is 4.79 Å². The van der Waals surface area contributed by atoms with Gasteiger partial charge in [-0.2, -0.15) is 0 Å². The van der Waals surface area contributed by atoms with Crippen LogP contribution in [0.25, 0.3) is 22.0 Å². The molecule has 9 nitrogen and oxygen atoms in total. The Bertz CT molecular complexity index is 1380. The summed E-state index contributed by atoms with van der Waals surface area (Å²) in [5, 5.41) is 4.61. The zero-order chi connectivity index (χ0) is 24.9. The highest BCUT2D eigenvalue weighted by molar-refractivity contribution is 5.95. The predicted octanol–water partition coefficient (Wildman–Crippen LogP) is 3.96. The first-order valence-corrected chi connectivity index (χ1v) is 12.2. The molecule has 4 heterocycles. The molecule has 186 valence electrons. The fraction of sp³-hybridized carbons (Fsp3) is 0.333. The Labute approximate surface area is 209 Å². The van der Waals surface area contributed by atoms with E-state index < -0.39 is 0 Å². The van der Waals surface area contributed by atoms with Crippen molar-refractivity contribution in [2.75, 3.05) is 44.8 Å². The molecule has 5 rings (SSSR count). The second-order valence-corrected chi connectivity index (χ2v) is 9.06. The molecule has 0 amide bonds. The summed E-state index contributed by atoms with van der Waals surface area (Å²) in [5.74, 6) is 1.47. The van der Waals surface area contributed by atoms with Crippen molar-refractivity contribution in [3.63, 3.8) is 0 Å². The lowest BCUT2D eigenvalue weighted by molar-refractivity contribution is 0.0322. The highest BCUT2D eigenvalue weighted by atomic mass is 16.5. The molecule has 4 aromatic rings. The smallest absolute Gasteiger partial charge is 0.259 e. The lowest BCUT2D eigenvalue weighted by atomic mass is 10.0. The fourth-order valence-corrected chi connectivity index (χ4v) is 4.33. The predicted molar refractivity (Wildman–Crippen MR) is 140 cm³/mol. The van der Waals surface area contributed by atoms with E-state index in [2.05, 4.69) is 39.0 Å². The minimum Gasteiger partial charge on any atom is -0.492 e. The number of nitrogens with zero attached hydrogens (tertiary/aromatic N) is 4. The van der Waals surface area contributed by atoms with Gasteiger partial charge in [0.15, 0.2) is 0 Å². The van der Waals surface area contributed by atoms with Crippen LogP contribution >= 0.6 is 0 Å². The summed E-state index contributed by atoms with van der Waals surface area (Å²) in [6.07, 6.45) is 4.97. The molecule has 0 radical (unpaired) electrons. The van der Waals surface area contributed by atoms with Gasteiger partial charge >= 0.3 is 0 Å². The van der Waals surface area contributed by atoms with E-state index >= 15 is 0 Å². The second kappa shape index (κ2) is 10.8. The molecule has 0 atom stereocenters. The molecule has 0 bridgehead atoms. The molecule has 1 aliphatic heterocycles. The van der Waals surface area contributed by atoms with E-state index in [4.69, 9.17) is 14.5 Å². The van der Waals surface area contributed by atoms with Crippen molar-refractivity contribution in [1.82, 2.24) is 24.8 Å². The first-order chi connectivity index (χ1) is 17.6. The standard InChI is InChI=1S/C27H30N6O3/c1-18(2)25-22(16-28-17-30-25)23-15-19-7-8-29-27(34)24(19)26(32-23)31-20-3-5-21(6-4-20)36-14-11-33-9-12-35-13-10-33/h3-8,15-18H,9-14H2,1-2H3,(H,29,34)(H,31,32). The minimum absolute atomic E-state index is 0.201.